The molecule has 0 aromatic heterocycles. The standard InChI is InChI=1S/C17H15N3O7/c21-15(10-27-16(22)11-26-14-7-2-1-3-8-14)18-19-17(23)12-5-4-6-13(9-12)20(24)25/h1-9H,10-11H2,(H,18,21)(H,19,23). The van der Waals surface area contributed by atoms with Gasteiger partial charge in [-0.2, -0.15) is 0 Å². The molecule has 2 aromatic rings. The van der Waals surface area contributed by atoms with E-state index in [0.717, 1.165) is 6.07 Å². The van der Waals surface area contributed by atoms with Gasteiger partial charge in [-0.15, -0.1) is 0 Å². The fourth-order valence-electron chi connectivity index (χ4n) is 1.84. The summed E-state index contributed by atoms with van der Waals surface area (Å²) in [6, 6.07) is 13.5. The zero-order valence-corrected chi connectivity index (χ0v) is 13.9. The molecule has 10 heteroatoms. The average Bonchev–Trinajstić information content (AvgIpc) is 2.69. The third-order valence-corrected chi connectivity index (χ3v) is 3.10. The number of carbonyl (C=O) groups excluding carboxylic acids is 3. The molecule has 0 bridgehead atoms. The fourth-order valence-corrected chi connectivity index (χ4v) is 1.84. The van der Waals surface area contributed by atoms with E-state index in [2.05, 4.69) is 5.43 Å². The van der Waals surface area contributed by atoms with Crippen LogP contribution in [0.4, 0.5) is 5.69 Å². The van der Waals surface area contributed by atoms with E-state index >= 15 is 0 Å². The molecule has 0 heterocycles. The van der Waals surface area contributed by atoms with Gasteiger partial charge >= 0.3 is 5.97 Å². The molecular weight excluding hydrogens is 358 g/mol. The molecule has 2 aromatic carbocycles. The third-order valence-electron chi connectivity index (χ3n) is 3.10. The van der Waals surface area contributed by atoms with Gasteiger partial charge in [0.05, 0.1) is 4.92 Å². The number of nitrogens with one attached hydrogen (secondary N) is 2. The number of esters is 1. The smallest absolute Gasteiger partial charge is 0.344 e. The van der Waals surface area contributed by atoms with Crippen LogP contribution in [-0.2, 0) is 14.3 Å². The van der Waals surface area contributed by atoms with Crippen molar-refractivity contribution in [3.05, 3.63) is 70.3 Å². The first-order chi connectivity index (χ1) is 13.0. The van der Waals surface area contributed by atoms with Crippen molar-refractivity contribution < 1.29 is 28.8 Å². The number of para-hydroxylation sites is 1. The van der Waals surface area contributed by atoms with Crippen LogP contribution < -0.4 is 15.6 Å². The number of rotatable bonds is 7. The minimum Gasteiger partial charge on any atom is -0.482 e. The van der Waals surface area contributed by atoms with Gasteiger partial charge < -0.3 is 9.47 Å². The summed E-state index contributed by atoms with van der Waals surface area (Å²) in [5.41, 5.74) is 3.82. The Balaban J connectivity index is 1.71. The molecule has 2 rings (SSSR count). The van der Waals surface area contributed by atoms with Crippen LogP contribution in [-0.4, -0.2) is 35.9 Å². The molecule has 0 aliphatic heterocycles. The molecule has 0 atom stereocenters. The zero-order chi connectivity index (χ0) is 19.6. The quantitative estimate of drug-likeness (QED) is 0.419. The molecule has 10 nitrogen and oxygen atoms in total. The monoisotopic (exact) mass is 373 g/mol. The number of non-ortho nitro benzene ring substituents is 1. The Hall–Kier alpha value is -3.95. The molecule has 2 amide bonds. The van der Waals surface area contributed by atoms with Crippen molar-refractivity contribution in [3.63, 3.8) is 0 Å². The largest absolute Gasteiger partial charge is 0.482 e. The van der Waals surface area contributed by atoms with Gasteiger partial charge in [-0.25, -0.2) is 4.79 Å². The van der Waals surface area contributed by atoms with Gasteiger partial charge in [0.15, 0.2) is 13.2 Å². The highest BCUT2D eigenvalue weighted by Gasteiger charge is 2.13. The van der Waals surface area contributed by atoms with Gasteiger partial charge in [0.25, 0.3) is 17.5 Å². The van der Waals surface area contributed by atoms with Crippen LogP contribution in [0.25, 0.3) is 0 Å². The van der Waals surface area contributed by atoms with Gasteiger partial charge in [-0.05, 0) is 18.2 Å². The fraction of sp³-hybridized carbons (Fsp3) is 0.118. The summed E-state index contributed by atoms with van der Waals surface area (Å²) in [7, 11) is 0. The molecule has 0 radical (unpaired) electrons. The van der Waals surface area contributed by atoms with E-state index in [0.29, 0.717) is 5.75 Å². The van der Waals surface area contributed by atoms with E-state index in [-0.39, 0.29) is 17.9 Å². The lowest BCUT2D eigenvalue weighted by Crippen LogP contribution is -2.43. The molecular formula is C17H15N3O7. The number of carbonyl (C=O) groups is 3. The SMILES string of the molecule is O=C(COC(=O)COc1ccccc1)NNC(=O)c1cccc([N+](=O)[O-])c1. The highest BCUT2D eigenvalue weighted by atomic mass is 16.6. The summed E-state index contributed by atoms with van der Waals surface area (Å²) in [5.74, 6) is -1.84. The Bertz CT molecular complexity index is 839. The van der Waals surface area contributed by atoms with Crippen molar-refractivity contribution in [2.75, 3.05) is 13.2 Å². The summed E-state index contributed by atoms with van der Waals surface area (Å²) in [6.45, 7) is -1.01. The molecule has 2 N–H and O–H groups in total. The Morgan fingerprint density at radius 1 is 0.963 bits per heavy atom. The zero-order valence-electron chi connectivity index (χ0n) is 13.9. The maximum Gasteiger partial charge on any atom is 0.344 e. The van der Waals surface area contributed by atoms with Gasteiger partial charge in [0, 0.05) is 17.7 Å². The Labute approximate surface area is 153 Å². The van der Waals surface area contributed by atoms with E-state index in [1.807, 2.05) is 5.43 Å². The summed E-state index contributed by atoms with van der Waals surface area (Å²) in [4.78, 5) is 45.0. The summed E-state index contributed by atoms with van der Waals surface area (Å²) in [6.07, 6.45) is 0. The first kappa shape index (κ1) is 19.4. The number of ether oxygens (including phenoxy) is 2. The van der Waals surface area contributed by atoms with Crippen molar-refractivity contribution in [3.8, 4) is 5.75 Å². The molecule has 0 aliphatic rings. The summed E-state index contributed by atoms with van der Waals surface area (Å²) < 4.78 is 9.85. The van der Waals surface area contributed by atoms with Crippen molar-refractivity contribution >= 4 is 23.5 Å². The van der Waals surface area contributed by atoms with E-state index in [1.165, 1.54) is 18.2 Å². The number of nitro groups is 1. The van der Waals surface area contributed by atoms with E-state index in [1.54, 1.807) is 30.3 Å². The molecule has 0 saturated carbocycles. The molecule has 0 fully saturated rings. The van der Waals surface area contributed by atoms with Crippen molar-refractivity contribution in [1.82, 2.24) is 10.9 Å². The Kier molecular flexibility index (Phi) is 6.83. The number of hydrazine groups is 1. The second-order valence-corrected chi connectivity index (χ2v) is 5.07. The highest BCUT2D eigenvalue weighted by molar-refractivity contribution is 5.96. The average molecular weight is 373 g/mol. The topological polar surface area (TPSA) is 137 Å². The number of benzene rings is 2. The van der Waals surface area contributed by atoms with Gasteiger partial charge in [0.1, 0.15) is 5.75 Å². The number of hydrogen-bond acceptors (Lipinski definition) is 7. The minimum absolute atomic E-state index is 0.0160. The normalized spacial score (nSPS) is 9.78. The minimum atomic E-state index is -0.790. The molecule has 0 unspecified atom stereocenters. The molecule has 0 saturated heterocycles. The summed E-state index contributed by atoms with van der Waals surface area (Å²) in [5, 5.41) is 10.7. The maximum absolute atomic E-state index is 11.8. The predicted octanol–water partition coefficient (Wildman–Crippen LogP) is 0.978. The second-order valence-electron chi connectivity index (χ2n) is 5.07. The Morgan fingerprint density at radius 3 is 2.41 bits per heavy atom. The van der Waals surface area contributed by atoms with Crippen molar-refractivity contribution in [2.45, 2.75) is 0 Å². The summed E-state index contributed by atoms with van der Waals surface area (Å²) >= 11 is 0. The van der Waals surface area contributed by atoms with Gasteiger partial charge in [-0.1, -0.05) is 24.3 Å². The van der Waals surface area contributed by atoms with Crippen LogP contribution in [0.1, 0.15) is 10.4 Å². The number of amides is 2. The van der Waals surface area contributed by atoms with Crippen molar-refractivity contribution in [2.24, 2.45) is 0 Å². The third kappa shape index (κ3) is 6.46. The maximum atomic E-state index is 11.8. The molecule has 0 aliphatic carbocycles. The van der Waals surface area contributed by atoms with Gasteiger partial charge in [-0.3, -0.25) is 30.6 Å². The first-order valence-electron chi connectivity index (χ1n) is 7.63. The van der Waals surface area contributed by atoms with Crippen LogP contribution in [0.3, 0.4) is 0 Å². The molecule has 27 heavy (non-hydrogen) atoms. The molecule has 0 spiro atoms. The Morgan fingerprint density at radius 2 is 1.70 bits per heavy atom. The van der Waals surface area contributed by atoms with Crippen LogP contribution >= 0.6 is 0 Å². The second kappa shape index (κ2) is 9.51. The van der Waals surface area contributed by atoms with Crippen molar-refractivity contribution in [1.29, 1.82) is 0 Å². The lowest BCUT2D eigenvalue weighted by atomic mass is 10.2. The van der Waals surface area contributed by atoms with E-state index in [4.69, 9.17) is 9.47 Å². The van der Waals surface area contributed by atoms with Crippen LogP contribution in [0.15, 0.2) is 54.6 Å². The van der Waals surface area contributed by atoms with E-state index in [9.17, 15) is 24.5 Å². The number of nitrogens with zero attached hydrogens (tertiary/aromatic N) is 1. The number of nitro benzene ring substituents is 1. The highest BCUT2D eigenvalue weighted by Crippen LogP contribution is 2.12. The number of hydrogen-bond donors (Lipinski definition) is 2. The van der Waals surface area contributed by atoms with Gasteiger partial charge in [0.2, 0.25) is 0 Å². The van der Waals surface area contributed by atoms with Crippen LogP contribution in [0, 0.1) is 10.1 Å². The van der Waals surface area contributed by atoms with Crippen LogP contribution in [0.5, 0.6) is 5.75 Å². The van der Waals surface area contributed by atoms with Crippen LogP contribution in [0.2, 0.25) is 0 Å². The predicted molar refractivity (Wildman–Crippen MR) is 91.6 cm³/mol. The lowest BCUT2D eigenvalue weighted by Gasteiger charge is -2.09. The van der Waals surface area contributed by atoms with E-state index < -0.39 is 29.3 Å². The lowest BCUT2D eigenvalue weighted by molar-refractivity contribution is -0.384. The molecule has 140 valence electrons. The first-order valence-corrected chi connectivity index (χ1v) is 7.63.